The van der Waals surface area contributed by atoms with Crippen LogP contribution in [0, 0.1) is 5.92 Å². The van der Waals surface area contributed by atoms with Crippen molar-refractivity contribution in [3.05, 3.63) is 34.9 Å². The molecular weight excluding hydrogens is 234 g/mol. The van der Waals surface area contributed by atoms with Crippen LogP contribution in [-0.4, -0.2) is 5.91 Å². The van der Waals surface area contributed by atoms with Crippen LogP contribution in [-0.2, 0) is 4.79 Å². The van der Waals surface area contributed by atoms with E-state index in [1.165, 1.54) is 25.7 Å². The second kappa shape index (κ2) is 4.19. The van der Waals surface area contributed by atoms with Crippen molar-refractivity contribution in [2.75, 3.05) is 5.32 Å². The van der Waals surface area contributed by atoms with Crippen LogP contribution in [0.4, 0.5) is 5.69 Å². The number of benzene rings is 1. The van der Waals surface area contributed by atoms with Crippen LogP contribution in [0.5, 0.6) is 0 Å². The molecule has 1 aliphatic carbocycles. The van der Waals surface area contributed by atoms with Crippen LogP contribution in [0.1, 0.15) is 31.2 Å². The van der Waals surface area contributed by atoms with Crippen molar-refractivity contribution in [3.8, 4) is 0 Å². The van der Waals surface area contributed by atoms with Gasteiger partial charge in [0.2, 0.25) is 0 Å². The van der Waals surface area contributed by atoms with Gasteiger partial charge in [-0.1, -0.05) is 36.6 Å². The Morgan fingerprint density at radius 2 is 2.06 bits per heavy atom. The summed E-state index contributed by atoms with van der Waals surface area (Å²) >= 11 is 5.92. The molecular formula is C14H14ClNO. The van der Waals surface area contributed by atoms with Crippen LogP contribution < -0.4 is 5.32 Å². The number of allylic oxidation sites excluding steroid dienone is 1. The average Bonchev–Trinajstić information content (AvgIpc) is 2.88. The molecule has 1 fully saturated rings. The molecule has 0 unspecified atom stereocenters. The first kappa shape index (κ1) is 10.8. The Hall–Kier alpha value is -1.28. The van der Waals surface area contributed by atoms with Gasteiger partial charge in [-0.15, -0.1) is 0 Å². The topological polar surface area (TPSA) is 29.1 Å². The highest BCUT2D eigenvalue weighted by Crippen LogP contribution is 2.36. The third kappa shape index (κ3) is 1.98. The molecule has 1 amide bonds. The lowest BCUT2D eigenvalue weighted by molar-refractivity contribution is -0.110. The number of anilines is 1. The maximum atomic E-state index is 11.9. The number of amides is 1. The summed E-state index contributed by atoms with van der Waals surface area (Å²) in [4.78, 5) is 11.9. The van der Waals surface area contributed by atoms with Gasteiger partial charge in [0.05, 0.1) is 5.69 Å². The second-order valence-corrected chi connectivity index (χ2v) is 5.21. The molecule has 0 aromatic heterocycles. The van der Waals surface area contributed by atoms with Crippen LogP contribution in [0.25, 0.3) is 5.57 Å². The molecule has 2 nitrogen and oxygen atoms in total. The standard InChI is InChI=1S/C14H14ClNO/c15-10-5-6-11-12(7-9-3-1-2-4-9)14(17)16-13(11)8-10/h5-9H,1-4H2,(H,16,17). The monoisotopic (exact) mass is 247 g/mol. The lowest BCUT2D eigenvalue weighted by Gasteiger charge is -2.03. The van der Waals surface area contributed by atoms with Crippen molar-refractivity contribution in [2.45, 2.75) is 25.7 Å². The number of fused-ring (bicyclic) bond motifs is 1. The summed E-state index contributed by atoms with van der Waals surface area (Å²) < 4.78 is 0. The summed E-state index contributed by atoms with van der Waals surface area (Å²) in [6, 6.07) is 5.57. The van der Waals surface area contributed by atoms with E-state index in [9.17, 15) is 4.79 Å². The van der Waals surface area contributed by atoms with E-state index in [1.54, 1.807) is 0 Å². The second-order valence-electron chi connectivity index (χ2n) is 4.77. The Morgan fingerprint density at radius 3 is 2.82 bits per heavy atom. The Kier molecular flexibility index (Phi) is 2.67. The van der Waals surface area contributed by atoms with E-state index in [2.05, 4.69) is 11.4 Å². The Morgan fingerprint density at radius 1 is 1.29 bits per heavy atom. The molecule has 2 aliphatic rings. The number of carbonyl (C=O) groups is 1. The zero-order valence-corrected chi connectivity index (χ0v) is 10.3. The minimum atomic E-state index is 0.00849. The van der Waals surface area contributed by atoms with Crippen molar-refractivity contribution >= 4 is 28.8 Å². The highest BCUT2D eigenvalue weighted by Gasteiger charge is 2.25. The smallest absolute Gasteiger partial charge is 0.256 e. The molecule has 17 heavy (non-hydrogen) atoms. The van der Waals surface area contributed by atoms with E-state index >= 15 is 0 Å². The third-order valence-electron chi connectivity index (χ3n) is 3.57. The summed E-state index contributed by atoms with van der Waals surface area (Å²) in [5.74, 6) is 0.576. The largest absolute Gasteiger partial charge is 0.321 e. The lowest BCUT2D eigenvalue weighted by Crippen LogP contribution is -2.05. The molecule has 88 valence electrons. The van der Waals surface area contributed by atoms with Crippen molar-refractivity contribution in [2.24, 2.45) is 5.92 Å². The number of hydrogen-bond donors (Lipinski definition) is 1. The molecule has 1 saturated carbocycles. The highest BCUT2D eigenvalue weighted by atomic mass is 35.5. The van der Waals surface area contributed by atoms with Crippen LogP contribution >= 0.6 is 11.6 Å². The zero-order valence-electron chi connectivity index (χ0n) is 9.50. The van der Waals surface area contributed by atoms with Gasteiger partial charge in [-0.2, -0.15) is 0 Å². The van der Waals surface area contributed by atoms with E-state index < -0.39 is 0 Å². The minimum absolute atomic E-state index is 0.00849. The van der Waals surface area contributed by atoms with E-state index in [1.807, 2.05) is 18.2 Å². The fourth-order valence-electron chi connectivity index (χ4n) is 2.69. The maximum Gasteiger partial charge on any atom is 0.256 e. The maximum absolute atomic E-state index is 11.9. The fourth-order valence-corrected chi connectivity index (χ4v) is 2.86. The quantitative estimate of drug-likeness (QED) is 0.750. The zero-order chi connectivity index (χ0) is 11.8. The van der Waals surface area contributed by atoms with Gasteiger partial charge in [-0.05, 0) is 30.9 Å². The van der Waals surface area contributed by atoms with E-state index in [0.717, 1.165) is 16.8 Å². The van der Waals surface area contributed by atoms with Gasteiger partial charge in [0.1, 0.15) is 0 Å². The number of carbonyl (C=O) groups excluding carboxylic acids is 1. The van der Waals surface area contributed by atoms with Crippen molar-refractivity contribution in [1.82, 2.24) is 0 Å². The summed E-state index contributed by atoms with van der Waals surface area (Å²) in [6.45, 7) is 0. The van der Waals surface area contributed by atoms with Gasteiger partial charge in [0.15, 0.2) is 0 Å². The Labute approximate surface area is 106 Å². The van der Waals surface area contributed by atoms with Gasteiger partial charge < -0.3 is 5.32 Å². The average molecular weight is 248 g/mol. The molecule has 0 spiro atoms. The molecule has 1 aromatic carbocycles. The molecule has 1 aliphatic heterocycles. The van der Waals surface area contributed by atoms with E-state index in [4.69, 9.17) is 11.6 Å². The predicted molar refractivity (Wildman–Crippen MR) is 70.0 cm³/mol. The normalized spacial score (nSPS) is 21.9. The van der Waals surface area contributed by atoms with Crippen molar-refractivity contribution in [3.63, 3.8) is 0 Å². The molecule has 1 heterocycles. The molecule has 0 saturated heterocycles. The van der Waals surface area contributed by atoms with Crippen LogP contribution in [0.15, 0.2) is 24.3 Å². The fraction of sp³-hybridized carbons (Fsp3) is 0.357. The van der Waals surface area contributed by atoms with Crippen molar-refractivity contribution < 1.29 is 4.79 Å². The molecule has 3 heteroatoms. The Bertz CT molecular complexity index is 501. The van der Waals surface area contributed by atoms with Gasteiger partial charge in [0, 0.05) is 16.2 Å². The molecule has 0 radical (unpaired) electrons. The molecule has 3 rings (SSSR count). The SMILES string of the molecule is O=C1Nc2cc(Cl)ccc2C1=CC1CCCC1. The summed E-state index contributed by atoms with van der Waals surface area (Å²) in [5, 5.41) is 3.53. The summed E-state index contributed by atoms with van der Waals surface area (Å²) in [6.07, 6.45) is 7.12. The summed E-state index contributed by atoms with van der Waals surface area (Å²) in [5.41, 5.74) is 2.65. The van der Waals surface area contributed by atoms with Gasteiger partial charge in [0.25, 0.3) is 5.91 Å². The van der Waals surface area contributed by atoms with E-state index in [-0.39, 0.29) is 5.91 Å². The first-order valence-electron chi connectivity index (χ1n) is 6.07. The Balaban J connectivity index is 1.98. The van der Waals surface area contributed by atoms with Gasteiger partial charge >= 0.3 is 0 Å². The van der Waals surface area contributed by atoms with Crippen LogP contribution in [0.3, 0.4) is 0 Å². The first-order chi connectivity index (χ1) is 8.24. The molecule has 1 aromatic rings. The third-order valence-corrected chi connectivity index (χ3v) is 3.80. The van der Waals surface area contributed by atoms with Gasteiger partial charge in [-0.25, -0.2) is 0 Å². The van der Waals surface area contributed by atoms with E-state index in [0.29, 0.717) is 10.9 Å². The minimum Gasteiger partial charge on any atom is -0.321 e. The molecule has 0 atom stereocenters. The first-order valence-corrected chi connectivity index (χ1v) is 6.45. The predicted octanol–water partition coefficient (Wildman–Crippen LogP) is 3.87. The van der Waals surface area contributed by atoms with Crippen LogP contribution in [0.2, 0.25) is 5.02 Å². The number of nitrogens with one attached hydrogen (secondary N) is 1. The number of halogens is 1. The number of rotatable bonds is 1. The van der Waals surface area contributed by atoms with Gasteiger partial charge in [-0.3, -0.25) is 4.79 Å². The molecule has 1 N–H and O–H groups in total. The van der Waals surface area contributed by atoms with Crippen molar-refractivity contribution in [1.29, 1.82) is 0 Å². The molecule has 0 bridgehead atoms. The summed E-state index contributed by atoms with van der Waals surface area (Å²) in [7, 11) is 0. The highest BCUT2D eigenvalue weighted by molar-refractivity contribution is 6.34. The lowest BCUT2D eigenvalue weighted by atomic mass is 10.00. The number of hydrogen-bond acceptors (Lipinski definition) is 1.